The molecule has 2 atom stereocenters. The molecule has 0 aromatic heterocycles. The molecule has 0 radical (unpaired) electrons. The van der Waals surface area contributed by atoms with E-state index >= 15 is 0 Å². The number of piperidine rings is 1. The summed E-state index contributed by atoms with van der Waals surface area (Å²) in [6.45, 7) is 0.808. The van der Waals surface area contributed by atoms with Gasteiger partial charge < -0.3 is 11.1 Å². The Hall–Kier alpha value is -1.10. The lowest BCUT2D eigenvalue weighted by Crippen LogP contribution is -2.46. The zero-order valence-electron chi connectivity index (χ0n) is 12.3. The first-order valence-electron chi connectivity index (χ1n) is 7.57. The second-order valence-corrected chi connectivity index (χ2v) is 6.76. The molecule has 2 aliphatic heterocycles. The molecule has 21 heavy (non-hydrogen) atoms. The Morgan fingerprint density at radius 1 is 1.38 bits per heavy atom. The van der Waals surface area contributed by atoms with Crippen molar-refractivity contribution in [1.82, 2.24) is 10.2 Å². The highest BCUT2D eigenvalue weighted by molar-refractivity contribution is 6.31. The first kappa shape index (κ1) is 14.8. The van der Waals surface area contributed by atoms with Gasteiger partial charge in [-0.2, -0.15) is 0 Å². The van der Waals surface area contributed by atoms with Crippen LogP contribution in [0.1, 0.15) is 41.6 Å². The number of rotatable bonds is 4. The monoisotopic (exact) mass is 307 g/mol. The number of nitrogens with two attached hydrogens (primary N) is 1. The molecule has 1 aromatic rings. The summed E-state index contributed by atoms with van der Waals surface area (Å²) < 4.78 is 0. The molecule has 3 rings (SSSR count). The molecule has 2 bridgehead atoms. The molecule has 1 aromatic carbocycles. The molecule has 0 saturated carbocycles. The van der Waals surface area contributed by atoms with Crippen LogP contribution in [0.3, 0.4) is 0 Å². The fourth-order valence-corrected chi connectivity index (χ4v) is 3.85. The van der Waals surface area contributed by atoms with Crippen LogP contribution in [0, 0.1) is 0 Å². The number of primary amides is 1. The smallest absolute Gasteiger partial charge is 0.248 e. The average molecular weight is 308 g/mol. The van der Waals surface area contributed by atoms with Gasteiger partial charge in [0.2, 0.25) is 5.91 Å². The number of halogens is 1. The molecule has 5 heteroatoms. The van der Waals surface area contributed by atoms with Crippen LogP contribution in [0.2, 0.25) is 5.02 Å². The van der Waals surface area contributed by atoms with Gasteiger partial charge in [0, 0.05) is 35.3 Å². The highest BCUT2D eigenvalue weighted by atomic mass is 35.5. The first-order valence-corrected chi connectivity index (χ1v) is 7.95. The fourth-order valence-electron chi connectivity index (χ4n) is 3.61. The number of hydrogen-bond donors (Lipinski definition) is 2. The van der Waals surface area contributed by atoms with E-state index in [1.54, 1.807) is 12.1 Å². The van der Waals surface area contributed by atoms with Crippen molar-refractivity contribution in [2.75, 3.05) is 7.05 Å². The molecular formula is C16H22ClN3O. The van der Waals surface area contributed by atoms with Crippen molar-refractivity contribution in [2.24, 2.45) is 5.73 Å². The van der Waals surface area contributed by atoms with Gasteiger partial charge in [-0.3, -0.25) is 9.69 Å². The third kappa shape index (κ3) is 3.23. The Bertz CT molecular complexity index is 536. The van der Waals surface area contributed by atoms with E-state index in [-0.39, 0.29) is 0 Å². The summed E-state index contributed by atoms with van der Waals surface area (Å²) in [5, 5.41) is 4.29. The van der Waals surface area contributed by atoms with Gasteiger partial charge in [-0.05, 0) is 50.4 Å². The second-order valence-electron chi connectivity index (χ2n) is 6.35. The van der Waals surface area contributed by atoms with E-state index in [4.69, 9.17) is 17.3 Å². The first-order chi connectivity index (χ1) is 10.0. The van der Waals surface area contributed by atoms with Crippen LogP contribution in [0.4, 0.5) is 0 Å². The summed E-state index contributed by atoms with van der Waals surface area (Å²) in [6.07, 6.45) is 5.04. The van der Waals surface area contributed by atoms with E-state index in [1.807, 2.05) is 6.07 Å². The summed E-state index contributed by atoms with van der Waals surface area (Å²) >= 11 is 6.28. The summed E-state index contributed by atoms with van der Waals surface area (Å²) in [5.74, 6) is -0.438. The standard InChI is InChI=1S/C16H22ClN3O/c1-20(14-7-12-4-5-13(8-14)19-12)9-11-3-2-10(16(18)21)6-15(11)17/h2-3,6,12-14,19H,4-5,7-9H2,1H3,(H2,18,21). The Balaban J connectivity index is 1.67. The van der Waals surface area contributed by atoms with Crippen LogP contribution < -0.4 is 11.1 Å². The number of fused-ring (bicyclic) bond motifs is 2. The van der Waals surface area contributed by atoms with Crippen LogP contribution >= 0.6 is 11.6 Å². The molecule has 1 amide bonds. The van der Waals surface area contributed by atoms with Gasteiger partial charge in [0.25, 0.3) is 0 Å². The third-order valence-corrected chi connectivity index (χ3v) is 5.18. The number of benzene rings is 1. The van der Waals surface area contributed by atoms with Crippen LogP contribution in [0.5, 0.6) is 0 Å². The zero-order valence-corrected chi connectivity index (χ0v) is 13.1. The molecule has 2 fully saturated rings. The minimum Gasteiger partial charge on any atom is -0.366 e. The predicted octanol–water partition coefficient (Wildman–Crippen LogP) is 2.15. The maximum Gasteiger partial charge on any atom is 0.248 e. The van der Waals surface area contributed by atoms with E-state index < -0.39 is 5.91 Å². The molecule has 3 N–H and O–H groups in total. The van der Waals surface area contributed by atoms with Gasteiger partial charge in [-0.15, -0.1) is 0 Å². The molecule has 2 aliphatic rings. The predicted molar refractivity (Wildman–Crippen MR) is 84.4 cm³/mol. The van der Waals surface area contributed by atoms with Crippen LogP contribution in [0.15, 0.2) is 18.2 Å². The van der Waals surface area contributed by atoms with E-state index in [2.05, 4.69) is 17.3 Å². The van der Waals surface area contributed by atoms with Crippen molar-refractivity contribution in [2.45, 2.75) is 50.4 Å². The zero-order chi connectivity index (χ0) is 15.0. The molecular weight excluding hydrogens is 286 g/mol. The fraction of sp³-hybridized carbons (Fsp3) is 0.562. The summed E-state index contributed by atoms with van der Waals surface area (Å²) in [7, 11) is 2.16. The van der Waals surface area contributed by atoms with Crippen LogP contribution in [-0.2, 0) is 6.54 Å². The molecule has 2 unspecified atom stereocenters. The highest BCUT2D eigenvalue weighted by Crippen LogP contribution is 2.30. The second kappa shape index (κ2) is 5.95. The quantitative estimate of drug-likeness (QED) is 0.896. The Labute approximate surface area is 130 Å². The Morgan fingerprint density at radius 2 is 2.05 bits per heavy atom. The number of carbonyl (C=O) groups is 1. The van der Waals surface area contributed by atoms with E-state index in [9.17, 15) is 4.79 Å². The van der Waals surface area contributed by atoms with Crippen molar-refractivity contribution in [3.05, 3.63) is 34.3 Å². The highest BCUT2D eigenvalue weighted by Gasteiger charge is 2.35. The molecule has 0 spiro atoms. The largest absolute Gasteiger partial charge is 0.366 e. The lowest BCUT2D eigenvalue weighted by Gasteiger charge is -2.35. The van der Waals surface area contributed by atoms with E-state index in [0.717, 1.165) is 12.1 Å². The lowest BCUT2D eigenvalue weighted by molar-refractivity contribution is 0.1000. The minimum absolute atomic E-state index is 0.438. The normalized spacial score (nSPS) is 28.0. The van der Waals surface area contributed by atoms with Crippen LogP contribution in [-0.4, -0.2) is 36.0 Å². The molecule has 2 saturated heterocycles. The maximum atomic E-state index is 11.2. The van der Waals surface area contributed by atoms with Gasteiger partial charge >= 0.3 is 0 Å². The minimum atomic E-state index is -0.438. The van der Waals surface area contributed by atoms with Gasteiger partial charge in [0.15, 0.2) is 0 Å². The Morgan fingerprint density at radius 3 is 2.62 bits per heavy atom. The number of carbonyl (C=O) groups excluding carboxylic acids is 1. The van der Waals surface area contributed by atoms with Gasteiger partial charge in [-0.1, -0.05) is 17.7 Å². The van der Waals surface area contributed by atoms with Gasteiger partial charge in [0.1, 0.15) is 0 Å². The van der Waals surface area contributed by atoms with Gasteiger partial charge in [-0.25, -0.2) is 0 Å². The van der Waals surface area contributed by atoms with Crippen molar-refractivity contribution in [3.63, 3.8) is 0 Å². The van der Waals surface area contributed by atoms with Crippen molar-refractivity contribution in [3.8, 4) is 0 Å². The number of nitrogens with one attached hydrogen (secondary N) is 1. The van der Waals surface area contributed by atoms with Crippen molar-refractivity contribution in [1.29, 1.82) is 0 Å². The van der Waals surface area contributed by atoms with Gasteiger partial charge in [0.05, 0.1) is 0 Å². The van der Waals surface area contributed by atoms with E-state index in [1.165, 1.54) is 25.7 Å². The number of nitrogens with zero attached hydrogens (tertiary/aromatic N) is 1. The molecule has 0 aliphatic carbocycles. The SMILES string of the molecule is CN(Cc1ccc(C(N)=O)cc1Cl)C1CC2CCC(C1)N2. The number of amides is 1. The molecule has 114 valence electrons. The summed E-state index contributed by atoms with van der Waals surface area (Å²) in [5.41, 5.74) is 6.79. The van der Waals surface area contributed by atoms with Crippen molar-refractivity contribution >= 4 is 17.5 Å². The summed E-state index contributed by atoms with van der Waals surface area (Å²) in [4.78, 5) is 13.5. The molecule has 4 nitrogen and oxygen atoms in total. The summed E-state index contributed by atoms with van der Waals surface area (Å²) in [6, 6.07) is 7.31. The topological polar surface area (TPSA) is 58.4 Å². The van der Waals surface area contributed by atoms with Crippen LogP contribution in [0.25, 0.3) is 0 Å². The maximum absolute atomic E-state index is 11.2. The van der Waals surface area contributed by atoms with E-state index in [0.29, 0.717) is 28.7 Å². The Kier molecular flexibility index (Phi) is 4.20. The number of hydrogen-bond acceptors (Lipinski definition) is 3. The van der Waals surface area contributed by atoms with Crippen molar-refractivity contribution < 1.29 is 4.79 Å². The average Bonchev–Trinajstić information content (AvgIpc) is 2.79. The molecule has 2 heterocycles. The lowest BCUT2D eigenvalue weighted by atomic mass is 9.98. The third-order valence-electron chi connectivity index (χ3n) is 4.83.